The minimum atomic E-state index is -3.92. The molecule has 1 unspecified atom stereocenters. The summed E-state index contributed by atoms with van der Waals surface area (Å²) < 4.78 is 39.2. The van der Waals surface area contributed by atoms with Crippen LogP contribution in [0.3, 0.4) is 0 Å². The number of carbonyl (C=O) groups is 2. The van der Waals surface area contributed by atoms with Crippen molar-refractivity contribution in [2.45, 2.75) is 200 Å². The van der Waals surface area contributed by atoms with Gasteiger partial charge in [0.25, 0.3) is 0 Å². The third kappa shape index (κ3) is 50.4. The predicted molar refractivity (Wildman–Crippen MR) is 218 cm³/mol. The molecule has 0 aliphatic heterocycles. The van der Waals surface area contributed by atoms with Crippen molar-refractivity contribution in [3.63, 3.8) is 0 Å². The van der Waals surface area contributed by atoms with Crippen molar-refractivity contribution in [1.82, 2.24) is 0 Å². The molecule has 0 heterocycles. The second-order valence-corrected chi connectivity index (χ2v) is 17.0. The molecule has 0 aromatic carbocycles. The summed E-state index contributed by atoms with van der Waals surface area (Å²) in [6, 6.07) is 0. The van der Waals surface area contributed by atoms with E-state index in [1.54, 1.807) is 0 Å². The topological polar surface area (TPSA) is 110 Å². The van der Waals surface area contributed by atoms with Crippen molar-refractivity contribution in [2.24, 2.45) is 0 Å². The maximum absolute atomic E-state index is 12.6. The van der Waals surface area contributed by atoms with Gasteiger partial charge in [-0.05, 0) is 64.2 Å². The highest BCUT2D eigenvalue weighted by Gasteiger charge is 2.23. The van der Waals surface area contributed by atoms with Gasteiger partial charge in [-0.2, -0.15) is 0 Å². The summed E-state index contributed by atoms with van der Waals surface area (Å²) in [6.07, 6.45) is 42.7. The number of carbonyl (C=O) groups excluding carboxylic acids is 2. The van der Waals surface area contributed by atoms with Gasteiger partial charge in [0.05, 0.1) is 31.3 Å². The van der Waals surface area contributed by atoms with Crippen molar-refractivity contribution >= 4 is 22.1 Å². The van der Waals surface area contributed by atoms with Crippen molar-refractivity contribution in [1.29, 1.82) is 0 Å². The standard InChI is InChI=1S/C42H80NO4.CH4O3S/c1-6-8-10-12-14-16-18-20-22-24-26-28-30-32-34-36-41(44)46-39-40(38-43(3,4)5)47-42(45)37-35-33-31-29-27-25-23-21-19-17-15-13-11-9-7-2;1-5(2,3)4/h20-23,40H,6-19,24-39H2,1-5H3;1H3,(H,2,3,4)/q+1;/p-1. The number of quaternary nitrogens is 1. The van der Waals surface area contributed by atoms with E-state index in [2.05, 4.69) is 59.3 Å². The molecule has 308 valence electrons. The van der Waals surface area contributed by atoms with Crippen molar-refractivity contribution in [2.75, 3.05) is 40.6 Å². The summed E-state index contributed by atoms with van der Waals surface area (Å²) >= 11 is 0. The smallest absolute Gasteiger partial charge is 0.306 e. The van der Waals surface area contributed by atoms with Gasteiger partial charge in [0.1, 0.15) is 13.2 Å². The molecule has 0 amide bonds. The van der Waals surface area contributed by atoms with Crippen LogP contribution in [0.2, 0.25) is 0 Å². The molecule has 52 heavy (non-hydrogen) atoms. The fourth-order valence-corrected chi connectivity index (χ4v) is 5.92. The number of rotatable bonds is 35. The summed E-state index contributed by atoms with van der Waals surface area (Å²) in [5.41, 5.74) is 0. The third-order valence-corrected chi connectivity index (χ3v) is 8.77. The van der Waals surface area contributed by atoms with E-state index in [0.717, 1.165) is 38.5 Å². The Morgan fingerprint density at radius 3 is 1.21 bits per heavy atom. The number of hydrogen-bond donors (Lipinski definition) is 0. The minimum Gasteiger partial charge on any atom is -0.748 e. The highest BCUT2D eigenvalue weighted by molar-refractivity contribution is 7.84. The van der Waals surface area contributed by atoms with E-state index in [1.807, 2.05) is 0 Å². The Hall–Kier alpha value is -1.71. The van der Waals surface area contributed by atoms with Gasteiger partial charge in [-0.25, -0.2) is 8.42 Å². The molecular weight excluding hydrogens is 675 g/mol. The van der Waals surface area contributed by atoms with Gasteiger partial charge in [0.15, 0.2) is 6.10 Å². The fourth-order valence-electron chi connectivity index (χ4n) is 5.92. The molecular formula is C43H83NO7S. The maximum atomic E-state index is 12.6. The van der Waals surface area contributed by atoms with Gasteiger partial charge in [-0.1, -0.05) is 141 Å². The van der Waals surface area contributed by atoms with Crippen LogP contribution in [-0.4, -0.2) is 76.0 Å². The van der Waals surface area contributed by atoms with Crippen LogP contribution in [0.4, 0.5) is 0 Å². The number of allylic oxidation sites excluding steroid dienone is 4. The van der Waals surface area contributed by atoms with Gasteiger partial charge in [0, 0.05) is 19.1 Å². The fraction of sp³-hybridized carbons (Fsp3) is 0.860. The number of ether oxygens (including phenoxy) is 2. The molecule has 0 rings (SSSR count). The Balaban J connectivity index is 0. The second kappa shape index (κ2) is 37.6. The zero-order valence-corrected chi connectivity index (χ0v) is 35.6. The van der Waals surface area contributed by atoms with Gasteiger partial charge in [0.2, 0.25) is 0 Å². The lowest BCUT2D eigenvalue weighted by Crippen LogP contribution is -2.45. The molecule has 0 bridgehead atoms. The molecule has 8 nitrogen and oxygen atoms in total. The molecule has 9 heteroatoms. The molecule has 1 atom stereocenters. The lowest BCUT2D eigenvalue weighted by atomic mass is 10.1. The van der Waals surface area contributed by atoms with Crippen LogP contribution in [-0.2, 0) is 29.2 Å². The zero-order valence-electron chi connectivity index (χ0n) is 34.8. The summed E-state index contributed by atoms with van der Waals surface area (Å²) in [6.45, 7) is 5.31. The van der Waals surface area contributed by atoms with Crippen LogP contribution < -0.4 is 0 Å². The van der Waals surface area contributed by atoms with Crippen LogP contribution in [0.1, 0.15) is 194 Å². The Labute approximate surface area is 322 Å². The van der Waals surface area contributed by atoms with Crippen LogP contribution in [0.15, 0.2) is 24.3 Å². The SMILES string of the molecule is CCCCCCCCC=CCCCCCCCC(=O)OCC(C[N+](C)(C)C)OC(=O)CCCCCCCC=CCCCCCCCC.CS(=O)(=O)[O-]. The summed E-state index contributed by atoms with van der Waals surface area (Å²) in [5, 5.41) is 0. The number of unbranched alkanes of at least 4 members (excludes halogenated alkanes) is 22. The number of likely N-dealkylation sites (N-methyl/N-ethyl adjacent to an activating group) is 1. The summed E-state index contributed by atoms with van der Waals surface area (Å²) in [5.74, 6) is -0.350. The van der Waals surface area contributed by atoms with Crippen molar-refractivity contribution in [3.8, 4) is 0 Å². The first-order valence-electron chi connectivity index (χ1n) is 21.1. The van der Waals surface area contributed by atoms with Gasteiger partial charge in [-0.3, -0.25) is 9.59 Å². The lowest BCUT2D eigenvalue weighted by molar-refractivity contribution is -0.873. The molecule has 0 aromatic rings. The molecule has 0 radical (unpaired) electrons. The quantitative estimate of drug-likeness (QED) is 0.0208. The van der Waals surface area contributed by atoms with E-state index in [9.17, 15) is 9.59 Å². The average molecular weight is 758 g/mol. The monoisotopic (exact) mass is 758 g/mol. The molecule has 0 fully saturated rings. The first-order valence-corrected chi connectivity index (χ1v) is 23.0. The molecule has 0 saturated carbocycles. The summed E-state index contributed by atoms with van der Waals surface area (Å²) in [7, 11) is 2.29. The van der Waals surface area contributed by atoms with E-state index in [4.69, 9.17) is 22.4 Å². The first-order chi connectivity index (χ1) is 24.8. The third-order valence-electron chi connectivity index (χ3n) is 8.77. The molecule has 0 aliphatic carbocycles. The van der Waals surface area contributed by atoms with E-state index < -0.39 is 16.2 Å². The highest BCUT2D eigenvalue weighted by atomic mass is 32.2. The van der Waals surface area contributed by atoms with E-state index >= 15 is 0 Å². The van der Waals surface area contributed by atoms with Crippen LogP contribution in [0.25, 0.3) is 0 Å². The number of esters is 2. The van der Waals surface area contributed by atoms with Crippen LogP contribution in [0, 0.1) is 0 Å². The van der Waals surface area contributed by atoms with Crippen LogP contribution in [0.5, 0.6) is 0 Å². The predicted octanol–water partition coefficient (Wildman–Crippen LogP) is 11.4. The Morgan fingerprint density at radius 1 is 0.558 bits per heavy atom. The highest BCUT2D eigenvalue weighted by Crippen LogP contribution is 2.13. The Morgan fingerprint density at radius 2 is 0.865 bits per heavy atom. The van der Waals surface area contributed by atoms with E-state index in [-0.39, 0.29) is 18.5 Å². The largest absolute Gasteiger partial charge is 0.748 e. The number of hydrogen-bond acceptors (Lipinski definition) is 7. The molecule has 0 aromatic heterocycles. The zero-order chi connectivity index (χ0) is 39.2. The first kappa shape index (κ1) is 52.4. The molecule has 0 N–H and O–H groups in total. The summed E-state index contributed by atoms with van der Waals surface area (Å²) in [4.78, 5) is 24.9. The Bertz CT molecular complexity index is 964. The average Bonchev–Trinajstić information content (AvgIpc) is 3.05. The van der Waals surface area contributed by atoms with E-state index in [0.29, 0.717) is 30.1 Å². The second-order valence-electron chi connectivity index (χ2n) is 15.6. The lowest BCUT2D eigenvalue weighted by Gasteiger charge is -2.28. The minimum absolute atomic E-state index is 0.150. The van der Waals surface area contributed by atoms with Gasteiger partial charge < -0.3 is 18.5 Å². The van der Waals surface area contributed by atoms with Crippen molar-refractivity contribution < 1.29 is 36.5 Å². The van der Waals surface area contributed by atoms with Gasteiger partial charge in [-0.15, -0.1) is 0 Å². The normalized spacial score (nSPS) is 12.6. The molecule has 0 spiro atoms. The number of nitrogens with zero attached hydrogens (tertiary/aromatic N) is 1. The Kier molecular flexibility index (Phi) is 37.9. The molecule has 0 saturated heterocycles. The van der Waals surface area contributed by atoms with Crippen LogP contribution >= 0.6 is 0 Å². The van der Waals surface area contributed by atoms with Gasteiger partial charge >= 0.3 is 11.9 Å². The molecule has 0 aliphatic rings. The van der Waals surface area contributed by atoms with E-state index in [1.165, 1.54) is 128 Å². The van der Waals surface area contributed by atoms with Crippen molar-refractivity contribution in [3.05, 3.63) is 24.3 Å². The maximum Gasteiger partial charge on any atom is 0.306 e.